The molecule has 1 atom stereocenters. The first-order valence-corrected chi connectivity index (χ1v) is 7.92. The van der Waals surface area contributed by atoms with Crippen LogP contribution in [0.2, 0.25) is 0 Å². The third kappa shape index (κ3) is 5.66. The van der Waals surface area contributed by atoms with Crippen LogP contribution in [-0.2, 0) is 10.9 Å². The lowest BCUT2D eigenvalue weighted by Gasteiger charge is -2.14. The summed E-state index contributed by atoms with van der Waals surface area (Å²) in [7, 11) is 1.03. The standard InChI is InChI=1S/C19H14F6O4/c1-28-18(27)15-11(8-13(9-14(15)26)29-17(22)16(20)21)5-2-10-3-6-12(7-4-10)19(23,24)25/h2-9,16-17,26H,1H3. The molecule has 0 saturated heterocycles. The lowest BCUT2D eigenvalue weighted by Crippen LogP contribution is -2.19. The monoisotopic (exact) mass is 420 g/mol. The van der Waals surface area contributed by atoms with E-state index in [2.05, 4.69) is 9.47 Å². The van der Waals surface area contributed by atoms with E-state index in [0.29, 0.717) is 5.56 Å². The van der Waals surface area contributed by atoms with Crippen LogP contribution in [0.15, 0.2) is 36.4 Å². The van der Waals surface area contributed by atoms with Crippen molar-refractivity contribution in [3.63, 3.8) is 0 Å². The van der Waals surface area contributed by atoms with Crippen molar-refractivity contribution in [1.29, 1.82) is 0 Å². The van der Waals surface area contributed by atoms with Gasteiger partial charge in [-0.25, -0.2) is 13.6 Å². The minimum atomic E-state index is -4.51. The van der Waals surface area contributed by atoms with E-state index < -0.39 is 42.0 Å². The molecule has 0 aliphatic rings. The molecule has 0 bridgehead atoms. The van der Waals surface area contributed by atoms with Crippen molar-refractivity contribution in [3.8, 4) is 11.5 Å². The van der Waals surface area contributed by atoms with Gasteiger partial charge in [0.2, 0.25) is 0 Å². The summed E-state index contributed by atoms with van der Waals surface area (Å²) in [5.74, 6) is -2.19. The van der Waals surface area contributed by atoms with E-state index in [1.165, 1.54) is 12.2 Å². The molecule has 0 radical (unpaired) electrons. The van der Waals surface area contributed by atoms with Crippen LogP contribution in [0.25, 0.3) is 12.2 Å². The Hall–Kier alpha value is -3.17. The molecule has 1 unspecified atom stereocenters. The normalized spacial score (nSPS) is 13.0. The van der Waals surface area contributed by atoms with E-state index in [9.17, 15) is 36.2 Å². The molecule has 156 valence electrons. The fraction of sp³-hybridized carbons (Fsp3) is 0.211. The number of alkyl halides is 6. The maximum Gasteiger partial charge on any atom is 0.416 e. The zero-order chi connectivity index (χ0) is 21.8. The van der Waals surface area contributed by atoms with E-state index in [-0.39, 0.29) is 11.1 Å². The largest absolute Gasteiger partial charge is 0.507 e. The van der Waals surface area contributed by atoms with Crippen molar-refractivity contribution in [3.05, 3.63) is 58.7 Å². The fourth-order valence-electron chi connectivity index (χ4n) is 2.30. The minimum absolute atomic E-state index is 0.0896. The molecule has 2 aromatic rings. The summed E-state index contributed by atoms with van der Waals surface area (Å²) in [5, 5.41) is 10.00. The number of esters is 1. The Labute approximate surface area is 161 Å². The van der Waals surface area contributed by atoms with Gasteiger partial charge in [0.25, 0.3) is 6.36 Å². The molecule has 0 aromatic heterocycles. The van der Waals surface area contributed by atoms with Gasteiger partial charge in [-0.2, -0.15) is 17.6 Å². The van der Waals surface area contributed by atoms with Crippen molar-refractivity contribution >= 4 is 18.1 Å². The summed E-state index contributed by atoms with van der Waals surface area (Å²) in [6.45, 7) is 0. The molecule has 2 rings (SSSR count). The second-order valence-electron chi connectivity index (χ2n) is 5.65. The molecule has 0 amide bonds. The van der Waals surface area contributed by atoms with Gasteiger partial charge in [-0.1, -0.05) is 24.3 Å². The summed E-state index contributed by atoms with van der Waals surface area (Å²) in [6.07, 6.45) is -8.41. The number of phenolic OH excluding ortho intramolecular Hbond substituents is 1. The summed E-state index contributed by atoms with van der Waals surface area (Å²) >= 11 is 0. The Morgan fingerprint density at radius 3 is 2.21 bits per heavy atom. The van der Waals surface area contributed by atoms with Crippen LogP contribution in [0, 0.1) is 0 Å². The van der Waals surface area contributed by atoms with Crippen LogP contribution in [-0.4, -0.2) is 31.0 Å². The van der Waals surface area contributed by atoms with Crippen molar-refractivity contribution in [2.24, 2.45) is 0 Å². The number of hydrogen-bond acceptors (Lipinski definition) is 4. The Morgan fingerprint density at radius 1 is 1.07 bits per heavy atom. The summed E-state index contributed by atoms with van der Waals surface area (Å²) in [6, 6.07) is 5.76. The molecule has 0 spiro atoms. The topological polar surface area (TPSA) is 55.8 Å². The van der Waals surface area contributed by atoms with Gasteiger partial charge >= 0.3 is 18.6 Å². The number of halogens is 6. The summed E-state index contributed by atoms with van der Waals surface area (Å²) in [4.78, 5) is 11.9. The quantitative estimate of drug-likeness (QED) is 0.391. The van der Waals surface area contributed by atoms with Gasteiger partial charge in [0.1, 0.15) is 17.1 Å². The van der Waals surface area contributed by atoms with Gasteiger partial charge < -0.3 is 14.6 Å². The molecule has 0 saturated carbocycles. The number of methoxy groups -OCH3 is 1. The van der Waals surface area contributed by atoms with E-state index in [1.54, 1.807) is 0 Å². The van der Waals surface area contributed by atoms with Gasteiger partial charge in [0, 0.05) is 6.07 Å². The smallest absolute Gasteiger partial charge is 0.416 e. The number of rotatable bonds is 6. The number of phenols is 1. The zero-order valence-electron chi connectivity index (χ0n) is 14.7. The molecular formula is C19H14F6O4. The van der Waals surface area contributed by atoms with Crippen molar-refractivity contribution in [1.82, 2.24) is 0 Å². The molecular weight excluding hydrogens is 406 g/mol. The van der Waals surface area contributed by atoms with Gasteiger partial charge in [0.05, 0.1) is 12.7 Å². The number of carbonyl (C=O) groups is 1. The maximum atomic E-state index is 13.1. The molecule has 1 N–H and O–H groups in total. The van der Waals surface area contributed by atoms with Crippen LogP contribution in [0.3, 0.4) is 0 Å². The molecule has 0 aliphatic carbocycles. The van der Waals surface area contributed by atoms with Crippen LogP contribution >= 0.6 is 0 Å². The Kier molecular flexibility index (Phi) is 6.78. The van der Waals surface area contributed by atoms with E-state index >= 15 is 0 Å². The van der Waals surface area contributed by atoms with Gasteiger partial charge in [-0.05, 0) is 29.3 Å². The first kappa shape index (κ1) is 22.1. The Balaban J connectivity index is 2.41. The van der Waals surface area contributed by atoms with Crippen LogP contribution in [0.4, 0.5) is 26.3 Å². The minimum Gasteiger partial charge on any atom is -0.507 e. The predicted octanol–water partition coefficient (Wildman–Crippen LogP) is 5.31. The summed E-state index contributed by atoms with van der Waals surface area (Å²) < 4.78 is 84.5. The third-order valence-electron chi connectivity index (χ3n) is 3.65. The van der Waals surface area contributed by atoms with Gasteiger partial charge in [0.15, 0.2) is 0 Å². The SMILES string of the molecule is COC(=O)c1c(O)cc(OC(F)C(F)F)cc1C=Cc1ccc(C(F)(F)F)cc1. The first-order valence-electron chi connectivity index (χ1n) is 7.92. The Bertz CT molecular complexity index is 891. The number of ether oxygens (including phenoxy) is 2. The van der Waals surface area contributed by atoms with Crippen molar-refractivity contribution in [2.75, 3.05) is 7.11 Å². The average Bonchev–Trinajstić information content (AvgIpc) is 2.65. The highest BCUT2D eigenvalue weighted by Crippen LogP contribution is 2.32. The first-order chi connectivity index (χ1) is 13.5. The highest BCUT2D eigenvalue weighted by molar-refractivity contribution is 5.98. The lowest BCUT2D eigenvalue weighted by atomic mass is 10.0. The molecule has 4 nitrogen and oxygen atoms in total. The maximum absolute atomic E-state index is 13.1. The van der Waals surface area contributed by atoms with E-state index in [0.717, 1.165) is 43.5 Å². The molecule has 0 heterocycles. The molecule has 0 fully saturated rings. The van der Waals surface area contributed by atoms with Gasteiger partial charge in [-0.3, -0.25) is 0 Å². The molecule has 29 heavy (non-hydrogen) atoms. The molecule has 2 aromatic carbocycles. The second-order valence-corrected chi connectivity index (χ2v) is 5.65. The van der Waals surface area contributed by atoms with Crippen molar-refractivity contribution in [2.45, 2.75) is 19.0 Å². The average molecular weight is 420 g/mol. The predicted molar refractivity (Wildman–Crippen MR) is 91.3 cm³/mol. The molecule has 0 aliphatic heterocycles. The van der Waals surface area contributed by atoms with E-state index in [1.807, 2.05) is 0 Å². The van der Waals surface area contributed by atoms with Crippen LogP contribution < -0.4 is 4.74 Å². The second kappa shape index (κ2) is 8.89. The fourth-order valence-corrected chi connectivity index (χ4v) is 2.30. The van der Waals surface area contributed by atoms with Crippen LogP contribution in [0.1, 0.15) is 27.0 Å². The van der Waals surface area contributed by atoms with Crippen LogP contribution in [0.5, 0.6) is 11.5 Å². The number of benzene rings is 2. The van der Waals surface area contributed by atoms with Gasteiger partial charge in [-0.15, -0.1) is 0 Å². The highest BCUT2D eigenvalue weighted by atomic mass is 19.4. The number of carbonyl (C=O) groups excluding carboxylic acids is 1. The zero-order valence-corrected chi connectivity index (χ0v) is 14.7. The number of aromatic hydroxyl groups is 1. The molecule has 10 heteroatoms. The lowest BCUT2D eigenvalue weighted by molar-refractivity contribution is -0.137. The highest BCUT2D eigenvalue weighted by Gasteiger charge is 2.29. The van der Waals surface area contributed by atoms with Crippen molar-refractivity contribution < 1.29 is 45.7 Å². The Morgan fingerprint density at radius 2 is 1.69 bits per heavy atom. The summed E-state index contributed by atoms with van der Waals surface area (Å²) in [5.41, 5.74) is -1.02. The number of hydrogen-bond donors (Lipinski definition) is 1. The van der Waals surface area contributed by atoms with E-state index in [4.69, 9.17) is 0 Å². The third-order valence-corrected chi connectivity index (χ3v) is 3.65.